The number of hydrogen-bond donors (Lipinski definition) is 1. The first-order valence-corrected chi connectivity index (χ1v) is 10.5. The van der Waals surface area contributed by atoms with Crippen LogP contribution in [0.3, 0.4) is 0 Å². The van der Waals surface area contributed by atoms with Gasteiger partial charge in [-0.3, -0.25) is 4.79 Å². The summed E-state index contributed by atoms with van der Waals surface area (Å²) in [6, 6.07) is 22.3. The number of thioether (sulfide) groups is 1. The van der Waals surface area contributed by atoms with Crippen molar-refractivity contribution < 1.29 is 9.53 Å². The first kappa shape index (κ1) is 21.2. The Balaban J connectivity index is 1.41. The van der Waals surface area contributed by atoms with E-state index in [1.807, 2.05) is 60.7 Å². The van der Waals surface area contributed by atoms with Gasteiger partial charge in [0, 0.05) is 14.9 Å². The molecule has 3 rings (SSSR count). The highest BCUT2D eigenvalue weighted by molar-refractivity contribution is 8.00. The first-order chi connectivity index (χ1) is 14.1. The zero-order valence-corrected chi connectivity index (χ0v) is 17.7. The number of nitrogens with zero attached hydrogens (tertiary/aromatic N) is 1. The lowest BCUT2D eigenvalue weighted by molar-refractivity contribution is -0.118. The maximum atomic E-state index is 11.9. The highest BCUT2D eigenvalue weighted by Crippen LogP contribution is 2.20. The number of carbonyl (C=O) groups is 1. The predicted octanol–water partition coefficient (Wildman–Crippen LogP) is 5.81. The molecular weight excluding hydrogens is 427 g/mol. The predicted molar refractivity (Wildman–Crippen MR) is 120 cm³/mol. The molecular formula is C22H18Cl2N2O2S. The van der Waals surface area contributed by atoms with Gasteiger partial charge in [-0.05, 0) is 71.8 Å². The van der Waals surface area contributed by atoms with Gasteiger partial charge in [0.05, 0.1) is 12.0 Å². The summed E-state index contributed by atoms with van der Waals surface area (Å²) in [5, 5.41) is 5.36. The Bertz CT molecular complexity index is 960. The van der Waals surface area contributed by atoms with Crippen molar-refractivity contribution in [2.75, 3.05) is 5.75 Å². The molecule has 0 saturated heterocycles. The summed E-state index contributed by atoms with van der Waals surface area (Å²) >= 11 is 13.1. The molecule has 1 amide bonds. The lowest BCUT2D eigenvalue weighted by atomic mass is 10.2. The molecule has 1 N–H and O–H groups in total. The Hall–Kier alpha value is -2.47. The largest absolute Gasteiger partial charge is 0.489 e. The molecule has 0 aromatic heterocycles. The van der Waals surface area contributed by atoms with E-state index in [1.54, 1.807) is 18.3 Å². The lowest BCUT2D eigenvalue weighted by Gasteiger charge is -2.06. The van der Waals surface area contributed by atoms with Gasteiger partial charge in [-0.1, -0.05) is 35.3 Å². The highest BCUT2D eigenvalue weighted by Gasteiger charge is 2.02. The van der Waals surface area contributed by atoms with Crippen molar-refractivity contribution in [3.8, 4) is 5.75 Å². The van der Waals surface area contributed by atoms with Crippen LogP contribution in [0.4, 0.5) is 0 Å². The number of hydrogen-bond acceptors (Lipinski definition) is 4. The molecule has 4 nitrogen and oxygen atoms in total. The Labute approximate surface area is 183 Å². The zero-order chi connectivity index (χ0) is 20.5. The van der Waals surface area contributed by atoms with Gasteiger partial charge in [0.1, 0.15) is 12.4 Å². The Morgan fingerprint density at radius 2 is 1.55 bits per heavy atom. The van der Waals surface area contributed by atoms with Gasteiger partial charge in [0.15, 0.2) is 0 Å². The molecule has 0 aliphatic rings. The van der Waals surface area contributed by atoms with Crippen molar-refractivity contribution in [2.24, 2.45) is 5.10 Å². The fourth-order valence-electron chi connectivity index (χ4n) is 2.29. The van der Waals surface area contributed by atoms with Crippen LogP contribution in [0.25, 0.3) is 0 Å². The van der Waals surface area contributed by atoms with Gasteiger partial charge in [-0.25, -0.2) is 5.43 Å². The van der Waals surface area contributed by atoms with E-state index < -0.39 is 0 Å². The zero-order valence-electron chi connectivity index (χ0n) is 15.3. The van der Waals surface area contributed by atoms with Crippen LogP contribution in [0.5, 0.6) is 5.75 Å². The second-order valence-electron chi connectivity index (χ2n) is 6.02. The summed E-state index contributed by atoms with van der Waals surface area (Å²) < 4.78 is 5.74. The molecule has 0 fully saturated rings. The fraction of sp³-hybridized carbons (Fsp3) is 0.0909. The van der Waals surface area contributed by atoms with Crippen LogP contribution in [0, 0.1) is 0 Å². The summed E-state index contributed by atoms with van der Waals surface area (Å²) in [4.78, 5) is 12.8. The maximum absolute atomic E-state index is 11.9. The number of nitrogens with one attached hydrogen (secondary N) is 1. The van der Waals surface area contributed by atoms with E-state index in [0.717, 1.165) is 21.8 Å². The van der Waals surface area contributed by atoms with E-state index in [4.69, 9.17) is 27.9 Å². The quantitative estimate of drug-likeness (QED) is 0.270. The van der Waals surface area contributed by atoms with Gasteiger partial charge in [0.25, 0.3) is 0 Å². The average Bonchev–Trinajstić information content (AvgIpc) is 2.74. The molecule has 7 heteroatoms. The Morgan fingerprint density at radius 3 is 2.21 bits per heavy atom. The number of benzene rings is 3. The van der Waals surface area contributed by atoms with Gasteiger partial charge < -0.3 is 4.74 Å². The van der Waals surface area contributed by atoms with Gasteiger partial charge in [-0.2, -0.15) is 5.10 Å². The minimum Gasteiger partial charge on any atom is -0.489 e. The highest BCUT2D eigenvalue weighted by atomic mass is 35.5. The normalized spacial score (nSPS) is 10.8. The summed E-state index contributed by atoms with van der Waals surface area (Å²) in [5.74, 6) is 0.848. The minimum atomic E-state index is -0.177. The molecule has 0 radical (unpaired) electrons. The second-order valence-corrected chi connectivity index (χ2v) is 7.94. The van der Waals surface area contributed by atoms with Gasteiger partial charge >= 0.3 is 0 Å². The molecule has 0 bridgehead atoms. The van der Waals surface area contributed by atoms with Crippen LogP contribution in [-0.2, 0) is 11.4 Å². The van der Waals surface area contributed by atoms with Crippen molar-refractivity contribution in [1.82, 2.24) is 5.43 Å². The van der Waals surface area contributed by atoms with E-state index in [9.17, 15) is 4.79 Å². The van der Waals surface area contributed by atoms with Crippen molar-refractivity contribution in [1.29, 1.82) is 0 Å². The third-order valence-corrected chi connectivity index (χ3v) is 5.30. The smallest absolute Gasteiger partial charge is 0.250 e. The third-order valence-electron chi connectivity index (χ3n) is 3.79. The topological polar surface area (TPSA) is 50.7 Å². The molecule has 3 aromatic carbocycles. The summed E-state index contributed by atoms with van der Waals surface area (Å²) in [5.41, 5.74) is 4.42. The summed E-state index contributed by atoms with van der Waals surface area (Å²) in [7, 11) is 0. The number of hydrazone groups is 1. The minimum absolute atomic E-state index is 0.177. The molecule has 0 aliphatic heterocycles. The molecule has 0 atom stereocenters. The molecule has 0 unspecified atom stereocenters. The van der Waals surface area contributed by atoms with Crippen LogP contribution in [0.1, 0.15) is 11.1 Å². The number of ether oxygens (including phenoxy) is 1. The third kappa shape index (κ3) is 7.46. The van der Waals surface area contributed by atoms with Crippen LogP contribution in [0.15, 0.2) is 82.8 Å². The lowest BCUT2D eigenvalue weighted by Crippen LogP contribution is -2.19. The SMILES string of the molecule is O=C(CSc1ccc(Cl)cc1)NN=Cc1ccc(OCc2ccc(Cl)cc2)cc1. The molecule has 0 spiro atoms. The monoisotopic (exact) mass is 444 g/mol. The standard InChI is InChI=1S/C22H18Cl2N2O2S/c23-18-5-1-17(2-6-18)14-28-20-9-3-16(4-10-20)13-25-26-22(27)15-29-21-11-7-19(24)8-12-21/h1-13H,14-15H2,(H,26,27). The fourth-order valence-corrected chi connectivity index (χ4v) is 3.23. The first-order valence-electron chi connectivity index (χ1n) is 8.76. The number of halogens is 2. The summed E-state index contributed by atoms with van der Waals surface area (Å²) in [6.45, 7) is 0.464. The van der Waals surface area contributed by atoms with Crippen LogP contribution < -0.4 is 10.2 Å². The van der Waals surface area contributed by atoms with Crippen molar-refractivity contribution in [3.63, 3.8) is 0 Å². The van der Waals surface area contributed by atoms with Gasteiger partial charge in [-0.15, -0.1) is 11.8 Å². The van der Waals surface area contributed by atoms with Crippen molar-refractivity contribution in [2.45, 2.75) is 11.5 Å². The van der Waals surface area contributed by atoms with Gasteiger partial charge in [0.2, 0.25) is 5.91 Å². The Morgan fingerprint density at radius 1 is 0.931 bits per heavy atom. The average molecular weight is 445 g/mol. The second kappa shape index (κ2) is 10.9. The summed E-state index contributed by atoms with van der Waals surface area (Å²) in [6.07, 6.45) is 1.59. The number of rotatable bonds is 8. The van der Waals surface area contributed by atoms with E-state index >= 15 is 0 Å². The van der Waals surface area contributed by atoms with Crippen molar-refractivity contribution in [3.05, 3.63) is 94.0 Å². The molecule has 3 aromatic rings. The number of amides is 1. The molecule has 0 aliphatic carbocycles. The maximum Gasteiger partial charge on any atom is 0.250 e. The molecule has 29 heavy (non-hydrogen) atoms. The molecule has 0 saturated carbocycles. The van der Waals surface area contributed by atoms with Crippen molar-refractivity contribution >= 4 is 47.1 Å². The van der Waals surface area contributed by atoms with E-state index in [-0.39, 0.29) is 11.7 Å². The molecule has 148 valence electrons. The van der Waals surface area contributed by atoms with E-state index in [0.29, 0.717) is 16.7 Å². The van der Waals surface area contributed by atoms with E-state index in [2.05, 4.69) is 10.5 Å². The van der Waals surface area contributed by atoms with Crippen LogP contribution >= 0.6 is 35.0 Å². The number of carbonyl (C=O) groups excluding carboxylic acids is 1. The van der Waals surface area contributed by atoms with E-state index in [1.165, 1.54) is 11.8 Å². The molecule has 0 heterocycles. The van der Waals surface area contributed by atoms with Crippen LogP contribution in [0.2, 0.25) is 10.0 Å². The Kier molecular flexibility index (Phi) is 7.99. The van der Waals surface area contributed by atoms with Crippen LogP contribution in [-0.4, -0.2) is 17.9 Å².